The first kappa shape index (κ1) is 34.7. The van der Waals surface area contributed by atoms with Crippen LogP contribution in [0.15, 0.2) is 54.6 Å². The van der Waals surface area contributed by atoms with Gasteiger partial charge in [-0.1, -0.05) is 128 Å². The van der Waals surface area contributed by atoms with Gasteiger partial charge in [-0.05, 0) is 116 Å². The first-order chi connectivity index (χ1) is 17.6. The summed E-state index contributed by atoms with van der Waals surface area (Å²) in [7, 11) is 0. The van der Waals surface area contributed by atoms with Gasteiger partial charge in [-0.15, -0.1) is 0 Å². The summed E-state index contributed by atoms with van der Waals surface area (Å²) >= 11 is 0. The summed E-state index contributed by atoms with van der Waals surface area (Å²) in [5.74, 6) is 0. The first-order valence-corrected chi connectivity index (χ1v) is 14.8. The maximum Gasteiger partial charge on any atom is -0.0227 e. The third kappa shape index (κ3) is 15.1. The summed E-state index contributed by atoms with van der Waals surface area (Å²) in [5.41, 5.74) is 14.0. The Morgan fingerprint density at radius 3 is 1.38 bits per heavy atom. The van der Waals surface area contributed by atoms with E-state index in [9.17, 15) is 0 Å². The predicted molar refractivity (Wildman–Crippen MR) is 177 cm³/mol. The lowest BCUT2D eigenvalue weighted by atomic mass is 9.85. The normalized spacial score (nSPS) is 11.8. The standard InChI is InChI=1S/3C13H20/c1-10-6-11(2)8-12(7-10)9-13(3,4)5;1-10-6-7-12(8-11(10)2)9-13(3,4)5;1-10-7-6-8-12(11(10)2)9-13(3,4)5/h3*6-8H,9H2,1-5H3. The molecular formula is C39H60. The maximum absolute atomic E-state index is 2.31. The van der Waals surface area contributed by atoms with Crippen molar-refractivity contribution in [2.24, 2.45) is 16.2 Å². The zero-order valence-corrected chi connectivity index (χ0v) is 28.3. The van der Waals surface area contributed by atoms with Crippen molar-refractivity contribution in [1.82, 2.24) is 0 Å². The monoisotopic (exact) mass is 528 g/mol. The van der Waals surface area contributed by atoms with E-state index in [2.05, 4.69) is 158 Å². The van der Waals surface area contributed by atoms with Crippen LogP contribution in [0.5, 0.6) is 0 Å². The maximum atomic E-state index is 2.31. The molecule has 0 heteroatoms. The highest BCUT2D eigenvalue weighted by atomic mass is 14.2. The molecule has 0 aliphatic rings. The van der Waals surface area contributed by atoms with Gasteiger partial charge in [0.05, 0.1) is 0 Å². The SMILES string of the molecule is Cc1cc(C)cc(CC(C)(C)C)c1.Cc1ccc(CC(C)(C)C)cc1C.Cc1cccc(CC(C)(C)C)c1C. The highest BCUT2D eigenvalue weighted by Gasteiger charge is 2.13. The van der Waals surface area contributed by atoms with Crippen LogP contribution < -0.4 is 0 Å². The molecular weight excluding hydrogens is 468 g/mol. The number of rotatable bonds is 3. The molecule has 0 amide bonds. The van der Waals surface area contributed by atoms with E-state index in [-0.39, 0.29) is 0 Å². The molecule has 3 aromatic carbocycles. The average molecular weight is 529 g/mol. The van der Waals surface area contributed by atoms with Crippen LogP contribution in [0.25, 0.3) is 0 Å². The van der Waals surface area contributed by atoms with Crippen molar-refractivity contribution in [2.75, 3.05) is 0 Å². The predicted octanol–water partition coefficient (Wildman–Crippen LogP) is 11.7. The van der Waals surface area contributed by atoms with Gasteiger partial charge in [0.15, 0.2) is 0 Å². The van der Waals surface area contributed by atoms with Crippen molar-refractivity contribution in [3.05, 3.63) is 105 Å². The Morgan fingerprint density at radius 2 is 0.923 bits per heavy atom. The van der Waals surface area contributed by atoms with E-state index in [1.54, 1.807) is 0 Å². The molecule has 0 aromatic heterocycles. The third-order valence-electron chi connectivity index (χ3n) is 6.76. The zero-order valence-electron chi connectivity index (χ0n) is 28.3. The second-order valence-corrected chi connectivity index (χ2v) is 15.5. The van der Waals surface area contributed by atoms with Gasteiger partial charge in [-0.25, -0.2) is 0 Å². The fraction of sp³-hybridized carbons (Fsp3) is 0.538. The molecule has 0 saturated carbocycles. The molecule has 3 rings (SSSR count). The molecule has 3 aromatic rings. The van der Waals surface area contributed by atoms with Crippen LogP contribution in [-0.2, 0) is 19.3 Å². The summed E-state index contributed by atoms with van der Waals surface area (Å²) in [5, 5.41) is 0. The van der Waals surface area contributed by atoms with E-state index < -0.39 is 0 Å². The Labute approximate surface area is 243 Å². The van der Waals surface area contributed by atoms with E-state index in [0.717, 1.165) is 12.8 Å². The fourth-order valence-corrected chi connectivity index (χ4v) is 4.88. The molecule has 0 aliphatic heterocycles. The van der Waals surface area contributed by atoms with Gasteiger partial charge in [-0.2, -0.15) is 0 Å². The van der Waals surface area contributed by atoms with Crippen LogP contribution in [0.1, 0.15) is 112 Å². The molecule has 0 nitrogen and oxygen atoms in total. The van der Waals surface area contributed by atoms with E-state index in [1.165, 1.54) is 56.5 Å². The summed E-state index contributed by atoms with van der Waals surface area (Å²) in [6.45, 7) is 33.6. The summed E-state index contributed by atoms with van der Waals surface area (Å²) in [6, 6.07) is 20.2. The van der Waals surface area contributed by atoms with E-state index in [4.69, 9.17) is 0 Å². The Morgan fingerprint density at radius 1 is 0.436 bits per heavy atom. The fourth-order valence-electron chi connectivity index (χ4n) is 4.88. The Balaban J connectivity index is 0.000000292. The molecule has 0 aliphatic carbocycles. The molecule has 216 valence electrons. The van der Waals surface area contributed by atoms with Crippen molar-refractivity contribution in [1.29, 1.82) is 0 Å². The lowest BCUT2D eigenvalue weighted by molar-refractivity contribution is 0.410. The summed E-state index contributed by atoms with van der Waals surface area (Å²) in [6.07, 6.45) is 3.49. The second-order valence-electron chi connectivity index (χ2n) is 15.5. The summed E-state index contributed by atoms with van der Waals surface area (Å²) < 4.78 is 0. The largest absolute Gasteiger partial charge is 0.0617 e. The van der Waals surface area contributed by atoms with Crippen LogP contribution in [-0.4, -0.2) is 0 Å². The minimum atomic E-state index is 0.387. The minimum Gasteiger partial charge on any atom is -0.0617 e. The molecule has 0 N–H and O–H groups in total. The molecule has 0 radical (unpaired) electrons. The van der Waals surface area contributed by atoms with Gasteiger partial charge in [0.25, 0.3) is 0 Å². The van der Waals surface area contributed by atoms with Crippen molar-refractivity contribution < 1.29 is 0 Å². The smallest absolute Gasteiger partial charge is 0.0227 e. The van der Waals surface area contributed by atoms with Crippen LogP contribution in [0.4, 0.5) is 0 Å². The highest BCUT2D eigenvalue weighted by molar-refractivity contribution is 5.34. The Bertz CT molecular complexity index is 1150. The van der Waals surface area contributed by atoms with Gasteiger partial charge in [0.1, 0.15) is 0 Å². The Kier molecular flexibility index (Phi) is 12.8. The molecule has 0 spiro atoms. The average Bonchev–Trinajstić information content (AvgIpc) is 2.71. The van der Waals surface area contributed by atoms with Crippen LogP contribution in [0.3, 0.4) is 0 Å². The van der Waals surface area contributed by atoms with E-state index in [0.29, 0.717) is 16.2 Å². The van der Waals surface area contributed by atoms with Gasteiger partial charge >= 0.3 is 0 Å². The van der Waals surface area contributed by atoms with Crippen molar-refractivity contribution in [3.8, 4) is 0 Å². The highest BCUT2D eigenvalue weighted by Crippen LogP contribution is 2.25. The van der Waals surface area contributed by atoms with Crippen LogP contribution in [0.2, 0.25) is 0 Å². The minimum absolute atomic E-state index is 0.387. The zero-order chi connectivity index (χ0) is 30.2. The third-order valence-corrected chi connectivity index (χ3v) is 6.76. The van der Waals surface area contributed by atoms with Gasteiger partial charge < -0.3 is 0 Å². The topological polar surface area (TPSA) is 0 Å². The quantitative estimate of drug-likeness (QED) is 0.317. The van der Waals surface area contributed by atoms with Gasteiger partial charge in [0, 0.05) is 0 Å². The molecule has 0 unspecified atom stereocenters. The Hall–Kier alpha value is -2.34. The molecule has 0 bridgehead atoms. The van der Waals surface area contributed by atoms with Crippen molar-refractivity contribution in [3.63, 3.8) is 0 Å². The van der Waals surface area contributed by atoms with Crippen LogP contribution >= 0.6 is 0 Å². The lowest BCUT2D eigenvalue weighted by Crippen LogP contribution is -2.10. The number of benzene rings is 3. The number of hydrogen-bond acceptors (Lipinski definition) is 0. The lowest BCUT2D eigenvalue weighted by Gasteiger charge is -2.20. The van der Waals surface area contributed by atoms with Crippen LogP contribution in [0, 0.1) is 57.8 Å². The number of hydrogen-bond donors (Lipinski definition) is 0. The molecule has 0 saturated heterocycles. The van der Waals surface area contributed by atoms with Crippen molar-refractivity contribution >= 4 is 0 Å². The molecule has 0 atom stereocenters. The van der Waals surface area contributed by atoms with Gasteiger partial charge in [-0.3, -0.25) is 0 Å². The molecule has 39 heavy (non-hydrogen) atoms. The summed E-state index contributed by atoms with van der Waals surface area (Å²) in [4.78, 5) is 0. The number of aryl methyl sites for hydroxylation is 5. The van der Waals surface area contributed by atoms with E-state index in [1.807, 2.05) is 0 Å². The van der Waals surface area contributed by atoms with Crippen molar-refractivity contribution in [2.45, 2.75) is 123 Å². The first-order valence-electron chi connectivity index (χ1n) is 14.8. The molecule has 0 heterocycles. The molecule has 0 fully saturated rings. The second kappa shape index (κ2) is 14.3. The van der Waals surface area contributed by atoms with E-state index >= 15 is 0 Å². The van der Waals surface area contributed by atoms with Gasteiger partial charge in [0.2, 0.25) is 0 Å².